The molecule has 0 aliphatic heterocycles. The smallest absolute Gasteiger partial charge is 0.142 e. The molecule has 2 rings (SSSR count). The van der Waals surface area contributed by atoms with Gasteiger partial charge in [0.05, 0.1) is 23.5 Å². The molecule has 2 aromatic rings. The Kier molecular flexibility index (Phi) is 4.43. The van der Waals surface area contributed by atoms with Gasteiger partial charge >= 0.3 is 0 Å². The second-order valence-corrected chi connectivity index (χ2v) is 4.77. The molecule has 0 aliphatic rings. The van der Waals surface area contributed by atoms with Crippen LogP contribution >= 0.6 is 15.9 Å². The number of nitrogens with one attached hydrogen (secondary N) is 1. The molecule has 2 aromatic carbocycles. The van der Waals surface area contributed by atoms with E-state index in [2.05, 4.69) is 27.3 Å². The summed E-state index contributed by atoms with van der Waals surface area (Å²) < 4.78 is 6.43. The zero-order valence-electron chi connectivity index (χ0n) is 10.5. The van der Waals surface area contributed by atoms with Crippen molar-refractivity contribution in [2.24, 2.45) is 0 Å². The summed E-state index contributed by atoms with van der Waals surface area (Å²) in [5.74, 6) is 0.775. The molecule has 1 N–H and O–H groups in total. The Bertz CT molecular complexity index is 620. The van der Waals surface area contributed by atoms with E-state index in [9.17, 15) is 0 Å². The third-order valence-corrected chi connectivity index (χ3v) is 3.05. The molecule has 0 fully saturated rings. The molecule has 0 aliphatic carbocycles. The highest BCUT2D eigenvalue weighted by Crippen LogP contribution is 2.29. The molecular weight excluding hydrogens is 304 g/mol. The van der Waals surface area contributed by atoms with Gasteiger partial charge in [0.1, 0.15) is 11.8 Å². The highest BCUT2D eigenvalue weighted by atomic mass is 79.9. The Morgan fingerprint density at radius 2 is 2.00 bits per heavy atom. The number of rotatable bonds is 4. The lowest BCUT2D eigenvalue weighted by Gasteiger charge is -2.13. The summed E-state index contributed by atoms with van der Waals surface area (Å²) in [5.41, 5.74) is 2.20. The van der Waals surface area contributed by atoms with Crippen LogP contribution in [0.1, 0.15) is 12.5 Å². The van der Waals surface area contributed by atoms with Crippen molar-refractivity contribution in [3.8, 4) is 11.8 Å². The number of halogens is 1. The molecule has 0 unspecified atom stereocenters. The van der Waals surface area contributed by atoms with Crippen molar-refractivity contribution in [3.63, 3.8) is 0 Å². The van der Waals surface area contributed by atoms with E-state index in [0.29, 0.717) is 12.2 Å². The van der Waals surface area contributed by atoms with Crippen LogP contribution in [-0.4, -0.2) is 6.61 Å². The van der Waals surface area contributed by atoms with E-state index in [-0.39, 0.29) is 0 Å². The van der Waals surface area contributed by atoms with Crippen LogP contribution in [0.4, 0.5) is 11.4 Å². The lowest BCUT2D eigenvalue weighted by molar-refractivity contribution is 0.342. The van der Waals surface area contributed by atoms with Crippen LogP contribution in [-0.2, 0) is 0 Å². The van der Waals surface area contributed by atoms with Gasteiger partial charge < -0.3 is 10.1 Å². The molecule has 0 radical (unpaired) electrons. The van der Waals surface area contributed by atoms with Crippen molar-refractivity contribution in [1.82, 2.24) is 0 Å². The number of hydrogen-bond donors (Lipinski definition) is 1. The molecule has 4 heteroatoms. The van der Waals surface area contributed by atoms with E-state index >= 15 is 0 Å². The summed E-state index contributed by atoms with van der Waals surface area (Å²) in [6, 6.07) is 15.4. The summed E-state index contributed by atoms with van der Waals surface area (Å²) in [7, 11) is 0. The van der Waals surface area contributed by atoms with E-state index in [0.717, 1.165) is 21.6 Å². The molecular formula is C15H13BrN2O. The van der Waals surface area contributed by atoms with Gasteiger partial charge in [-0.05, 0) is 37.3 Å². The van der Waals surface area contributed by atoms with Gasteiger partial charge in [-0.3, -0.25) is 0 Å². The molecule has 0 spiro atoms. The lowest BCUT2D eigenvalue weighted by atomic mass is 10.2. The molecule has 0 aromatic heterocycles. The fourth-order valence-electron chi connectivity index (χ4n) is 1.71. The average Bonchev–Trinajstić information content (AvgIpc) is 2.43. The molecule has 96 valence electrons. The first-order chi connectivity index (χ1) is 9.24. The van der Waals surface area contributed by atoms with Crippen molar-refractivity contribution >= 4 is 27.3 Å². The minimum atomic E-state index is 0.584. The summed E-state index contributed by atoms with van der Waals surface area (Å²) in [6.07, 6.45) is 0. The van der Waals surface area contributed by atoms with Gasteiger partial charge in [0.25, 0.3) is 0 Å². The maximum Gasteiger partial charge on any atom is 0.142 e. The number of nitriles is 1. The molecule has 0 saturated carbocycles. The van der Waals surface area contributed by atoms with Crippen LogP contribution in [0.2, 0.25) is 0 Å². The van der Waals surface area contributed by atoms with Gasteiger partial charge in [-0.15, -0.1) is 0 Å². The highest BCUT2D eigenvalue weighted by Gasteiger charge is 2.06. The molecule has 19 heavy (non-hydrogen) atoms. The summed E-state index contributed by atoms with van der Waals surface area (Å²) in [5, 5.41) is 12.4. The van der Waals surface area contributed by atoms with Crippen molar-refractivity contribution in [3.05, 3.63) is 52.5 Å². The van der Waals surface area contributed by atoms with Crippen LogP contribution in [0.25, 0.3) is 0 Å². The number of nitrogens with zero attached hydrogens (tertiary/aromatic N) is 1. The van der Waals surface area contributed by atoms with Crippen molar-refractivity contribution in [2.45, 2.75) is 6.92 Å². The standard InChI is InChI=1S/C15H13BrN2O/c1-2-19-15-6-4-3-5-14(15)18-13-8-7-12(16)9-11(13)10-17/h3-9,18H,2H2,1H3. The Morgan fingerprint density at radius 3 is 2.74 bits per heavy atom. The number of ether oxygens (including phenoxy) is 1. The van der Waals surface area contributed by atoms with E-state index < -0.39 is 0 Å². The zero-order valence-corrected chi connectivity index (χ0v) is 12.1. The van der Waals surface area contributed by atoms with Crippen molar-refractivity contribution < 1.29 is 4.74 Å². The number of hydrogen-bond acceptors (Lipinski definition) is 3. The third-order valence-electron chi connectivity index (χ3n) is 2.56. The van der Waals surface area contributed by atoms with Crippen LogP contribution < -0.4 is 10.1 Å². The predicted octanol–water partition coefficient (Wildman–Crippen LogP) is 4.46. The maximum atomic E-state index is 9.15. The maximum absolute atomic E-state index is 9.15. The fraction of sp³-hybridized carbons (Fsp3) is 0.133. The SMILES string of the molecule is CCOc1ccccc1Nc1ccc(Br)cc1C#N. The molecule has 0 heterocycles. The second-order valence-electron chi connectivity index (χ2n) is 3.86. The van der Waals surface area contributed by atoms with E-state index in [1.165, 1.54) is 0 Å². The van der Waals surface area contributed by atoms with E-state index in [1.54, 1.807) is 6.07 Å². The van der Waals surface area contributed by atoms with Gasteiger partial charge in [-0.2, -0.15) is 5.26 Å². The number of benzene rings is 2. The normalized spacial score (nSPS) is 9.74. The van der Waals surface area contributed by atoms with Gasteiger partial charge in [-0.25, -0.2) is 0 Å². The monoisotopic (exact) mass is 316 g/mol. The molecule has 0 bridgehead atoms. The summed E-state index contributed by atoms with van der Waals surface area (Å²) in [4.78, 5) is 0. The minimum Gasteiger partial charge on any atom is -0.492 e. The van der Waals surface area contributed by atoms with Crippen molar-refractivity contribution in [1.29, 1.82) is 5.26 Å². The lowest BCUT2D eigenvalue weighted by Crippen LogP contribution is -1.98. The van der Waals surface area contributed by atoms with Crippen LogP contribution in [0.15, 0.2) is 46.9 Å². The topological polar surface area (TPSA) is 45.0 Å². The Balaban J connectivity index is 2.34. The van der Waals surface area contributed by atoms with Crippen molar-refractivity contribution in [2.75, 3.05) is 11.9 Å². The predicted molar refractivity (Wildman–Crippen MR) is 79.8 cm³/mol. The first kappa shape index (κ1) is 13.4. The highest BCUT2D eigenvalue weighted by molar-refractivity contribution is 9.10. The fourth-order valence-corrected chi connectivity index (χ4v) is 2.08. The Morgan fingerprint density at radius 1 is 1.21 bits per heavy atom. The minimum absolute atomic E-state index is 0.584. The number of anilines is 2. The Labute approximate surface area is 121 Å². The molecule has 3 nitrogen and oxygen atoms in total. The average molecular weight is 317 g/mol. The molecule has 0 amide bonds. The Hall–Kier alpha value is -1.99. The first-order valence-electron chi connectivity index (χ1n) is 5.93. The van der Waals surface area contributed by atoms with Crippen LogP contribution in [0, 0.1) is 11.3 Å². The second kappa shape index (κ2) is 6.26. The summed E-state index contributed by atoms with van der Waals surface area (Å²) in [6.45, 7) is 2.54. The third kappa shape index (κ3) is 3.27. The van der Waals surface area contributed by atoms with Gasteiger partial charge in [0, 0.05) is 4.47 Å². The van der Waals surface area contributed by atoms with Gasteiger partial charge in [-0.1, -0.05) is 28.1 Å². The zero-order chi connectivity index (χ0) is 13.7. The quantitative estimate of drug-likeness (QED) is 0.905. The molecule has 0 saturated heterocycles. The number of para-hydroxylation sites is 2. The largest absolute Gasteiger partial charge is 0.492 e. The van der Waals surface area contributed by atoms with Crippen LogP contribution in [0.5, 0.6) is 5.75 Å². The van der Waals surface area contributed by atoms with Gasteiger partial charge in [0.15, 0.2) is 0 Å². The van der Waals surface area contributed by atoms with E-state index in [4.69, 9.17) is 10.00 Å². The van der Waals surface area contributed by atoms with E-state index in [1.807, 2.05) is 43.3 Å². The van der Waals surface area contributed by atoms with Gasteiger partial charge in [0.2, 0.25) is 0 Å². The van der Waals surface area contributed by atoms with Crippen LogP contribution in [0.3, 0.4) is 0 Å². The first-order valence-corrected chi connectivity index (χ1v) is 6.72. The molecule has 0 atom stereocenters. The summed E-state index contributed by atoms with van der Waals surface area (Å²) >= 11 is 3.36.